The van der Waals surface area contributed by atoms with Crippen molar-refractivity contribution in [1.29, 1.82) is 0 Å². The van der Waals surface area contributed by atoms with Gasteiger partial charge in [0.2, 0.25) is 0 Å². The molecule has 2 nitrogen and oxygen atoms in total. The molecule has 3 N–H and O–H groups in total. The summed E-state index contributed by atoms with van der Waals surface area (Å²) >= 11 is 11.8. The van der Waals surface area contributed by atoms with Gasteiger partial charge < -0.3 is 10.8 Å². The molecule has 104 valence electrons. The lowest BCUT2D eigenvalue weighted by atomic mass is 9.83. The highest BCUT2D eigenvalue weighted by atomic mass is 35.5. The predicted molar refractivity (Wildman–Crippen MR) is 80.7 cm³/mol. The van der Waals surface area contributed by atoms with Crippen molar-refractivity contribution in [2.24, 2.45) is 11.1 Å². The highest BCUT2D eigenvalue weighted by Crippen LogP contribution is 2.29. The highest BCUT2D eigenvalue weighted by molar-refractivity contribution is 6.34. The second kappa shape index (κ2) is 6.97. The summed E-state index contributed by atoms with van der Waals surface area (Å²) in [7, 11) is 0. The van der Waals surface area contributed by atoms with Crippen LogP contribution in [0.3, 0.4) is 0 Å². The van der Waals surface area contributed by atoms with Crippen LogP contribution in [0.25, 0.3) is 0 Å². The third-order valence-electron chi connectivity index (χ3n) is 2.86. The van der Waals surface area contributed by atoms with Gasteiger partial charge in [0.1, 0.15) is 0 Å². The maximum Gasteiger partial charge on any atom is 0.0806 e. The molecule has 0 bridgehead atoms. The lowest BCUT2D eigenvalue weighted by Crippen LogP contribution is -2.36. The highest BCUT2D eigenvalue weighted by Gasteiger charge is 2.24. The zero-order valence-electron chi connectivity index (χ0n) is 10.8. The average molecular weight is 313 g/mol. The number of halogens is 3. The van der Waals surface area contributed by atoms with Gasteiger partial charge in [-0.3, -0.25) is 0 Å². The van der Waals surface area contributed by atoms with Crippen LogP contribution in [0, 0.1) is 5.41 Å². The normalized spacial score (nSPS) is 14.8. The van der Waals surface area contributed by atoms with Gasteiger partial charge in [-0.15, -0.1) is 12.4 Å². The summed E-state index contributed by atoms with van der Waals surface area (Å²) in [6.45, 7) is 6.15. The molecule has 0 aliphatic rings. The van der Waals surface area contributed by atoms with Crippen molar-refractivity contribution < 1.29 is 5.11 Å². The van der Waals surface area contributed by atoms with E-state index < -0.39 is 6.10 Å². The molecule has 0 fully saturated rings. The van der Waals surface area contributed by atoms with Crippen molar-refractivity contribution in [2.45, 2.75) is 39.3 Å². The summed E-state index contributed by atoms with van der Waals surface area (Å²) in [4.78, 5) is 0. The molecule has 0 aliphatic heterocycles. The number of rotatable bonds is 3. The van der Waals surface area contributed by atoms with E-state index in [-0.39, 0.29) is 23.9 Å². The van der Waals surface area contributed by atoms with Crippen LogP contribution in [0.4, 0.5) is 0 Å². The Bertz CT molecular complexity index is 370. The van der Waals surface area contributed by atoms with Crippen molar-refractivity contribution in [2.75, 3.05) is 0 Å². The number of aliphatic hydroxyl groups is 1. The molecule has 18 heavy (non-hydrogen) atoms. The van der Waals surface area contributed by atoms with E-state index in [2.05, 4.69) is 20.8 Å². The molecule has 0 aromatic heterocycles. The molecule has 0 unspecified atom stereocenters. The van der Waals surface area contributed by atoms with Gasteiger partial charge in [0.25, 0.3) is 0 Å². The lowest BCUT2D eigenvalue weighted by molar-refractivity contribution is 0.133. The van der Waals surface area contributed by atoms with Crippen molar-refractivity contribution >= 4 is 35.6 Å². The first kappa shape index (κ1) is 18.0. The molecule has 0 radical (unpaired) electrons. The maximum absolute atomic E-state index is 10.1. The summed E-state index contributed by atoms with van der Waals surface area (Å²) in [5.74, 6) is 0. The molecular formula is C13H20Cl3NO. The smallest absolute Gasteiger partial charge is 0.0806 e. The average Bonchev–Trinajstić information content (AvgIpc) is 2.14. The minimum atomic E-state index is -0.638. The predicted octanol–water partition coefficient (Wildman–Crippen LogP) is 4.21. The van der Waals surface area contributed by atoms with Gasteiger partial charge in [0.15, 0.2) is 0 Å². The zero-order chi connectivity index (χ0) is 13.2. The van der Waals surface area contributed by atoms with Crippen LogP contribution in [0.2, 0.25) is 10.0 Å². The third kappa shape index (κ3) is 5.33. The Balaban J connectivity index is 0.00000289. The Kier molecular flexibility index (Phi) is 6.97. The van der Waals surface area contributed by atoms with Crippen LogP contribution in [0.5, 0.6) is 0 Å². The first-order valence-corrected chi connectivity index (χ1v) is 6.35. The molecule has 1 aromatic carbocycles. The summed E-state index contributed by atoms with van der Waals surface area (Å²) < 4.78 is 0. The fourth-order valence-corrected chi connectivity index (χ4v) is 2.04. The molecule has 0 spiro atoms. The summed E-state index contributed by atoms with van der Waals surface area (Å²) in [5.41, 5.74) is 6.71. The van der Waals surface area contributed by atoms with Crippen molar-refractivity contribution in [3.05, 3.63) is 33.8 Å². The van der Waals surface area contributed by atoms with Crippen LogP contribution in [0.1, 0.15) is 38.9 Å². The topological polar surface area (TPSA) is 46.2 Å². The second-order valence-electron chi connectivity index (χ2n) is 5.43. The molecule has 0 heterocycles. The van der Waals surface area contributed by atoms with Gasteiger partial charge in [0, 0.05) is 16.1 Å². The number of aliphatic hydroxyl groups excluding tert-OH is 1. The largest absolute Gasteiger partial charge is 0.388 e. The Morgan fingerprint density at radius 3 is 2.00 bits per heavy atom. The van der Waals surface area contributed by atoms with Gasteiger partial charge in [-0.25, -0.2) is 0 Å². The Labute approximate surface area is 125 Å². The van der Waals surface area contributed by atoms with Gasteiger partial charge in [-0.2, -0.15) is 0 Å². The molecule has 0 aliphatic carbocycles. The molecule has 1 rings (SSSR count). The molecular weight excluding hydrogens is 293 g/mol. The fraction of sp³-hybridized carbons (Fsp3) is 0.538. The molecule has 1 aromatic rings. The monoisotopic (exact) mass is 311 g/mol. The van der Waals surface area contributed by atoms with Gasteiger partial charge in [-0.05, 0) is 35.6 Å². The number of hydrogen-bond donors (Lipinski definition) is 2. The summed E-state index contributed by atoms with van der Waals surface area (Å²) in [6, 6.07) is 4.99. The number of hydrogen-bond acceptors (Lipinski definition) is 2. The van der Waals surface area contributed by atoms with E-state index in [0.717, 1.165) is 0 Å². The van der Waals surface area contributed by atoms with E-state index in [0.29, 0.717) is 22.0 Å². The van der Waals surface area contributed by atoms with Gasteiger partial charge >= 0.3 is 0 Å². The quantitative estimate of drug-likeness (QED) is 0.878. The van der Waals surface area contributed by atoms with Crippen molar-refractivity contribution in [1.82, 2.24) is 0 Å². The number of benzene rings is 1. The Morgan fingerprint density at radius 1 is 1.17 bits per heavy atom. The van der Waals surface area contributed by atoms with Crippen LogP contribution < -0.4 is 5.73 Å². The van der Waals surface area contributed by atoms with Crippen LogP contribution >= 0.6 is 35.6 Å². The molecule has 2 atom stereocenters. The van der Waals surface area contributed by atoms with Crippen LogP contribution in [-0.2, 0) is 0 Å². The fourth-order valence-electron chi connectivity index (χ4n) is 1.50. The van der Waals surface area contributed by atoms with Gasteiger partial charge in [-0.1, -0.05) is 44.0 Å². The minimum Gasteiger partial charge on any atom is -0.388 e. The zero-order valence-corrected chi connectivity index (χ0v) is 13.1. The second-order valence-corrected chi connectivity index (χ2v) is 6.30. The maximum atomic E-state index is 10.1. The standard InChI is InChI=1S/C13H19Cl2NO.ClH/c1-13(2,3)12(16)7-11(17)8-4-9(14)6-10(15)5-8;/h4-6,11-12,17H,7,16H2,1-3H3;1H/t11-,12+;/m1./s1. The SMILES string of the molecule is CC(C)(C)[C@@H](N)C[C@@H](O)c1cc(Cl)cc(Cl)c1.Cl. The van der Waals surface area contributed by atoms with E-state index in [9.17, 15) is 5.11 Å². The van der Waals surface area contributed by atoms with E-state index in [1.54, 1.807) is 18.2 Å². The van der Waals surface area contributed by atoms with Gasteiger partial charge in [0.05, 0.1) is 6.10 Å². The number of nitrogens with two attached hydrogens (primary N) is 1. The first-order chi connectivity index (χ1) is 7.70. The van der Waals surface area contributed by atoms with E-state index in [4.69, 9.17) is 28.9 Å². The lowest BCUT2D eigenvalue weighted by Gasteiger charge is -2.29. The Hall–Kier alpha value is 0.01000. The van der Waals surface area contributed by atoms with E-state index in [1.807, 2.05) is 0 Å². The summed E-state index contributed by atoms with van der Waals surface area (Å²) in [5, 5.41) is 11.2. The molecule has 0 amide bonds. The Morgan fingerprint density at radius 2 is 1.61 bits per heavy atom. The van der Waals surface area contributed by atoms with E-state index in [1.165, 1.54) is 0 Å². The van der Waals surface area contributed by atoms with E-state index >= 15 is 0 Å². The third-order valence-corrected chi connectivity index (χ3v) is 3.30. The van der Waals surface area contributed by atoms with Crippen LogP contribution in [-0.4, -0.2) is 11.1 Å². The van der Waals surface area contributed by atoms with Crippen molar-refractivity contribution in [3.8, 4) is 0 Å². The van der Waals surface area contributed by atoms with Crippen molar-refractivity contribution in [3.63, 3.8) is 0 Å². The molecule has 5 heteroatoms. The first-order valence-electron chi connectivity index (χ1n) is 5.60. The van der Waals surface area contributed by atoms with Crippen LogP contribution in [0.15, 0.2) is 18.2 Å². The minimum absolute atomic E-state index is 0. The molecule has 0 saturated heterocycles. The summed E-state index contributed by atoms with van der Waals surface area (Å²) in [6.07, 6.45) is -0.152. The molecule has 0 saturated carbocycles.